The summed E-state index contributed by atoms with van der Waals surface area (Å²) in [6.07, 6.45) is 5.66. The molecule has 0 spiro atoms. The average Bonchev–Trinajstić information content (AvgIpc) is 3.15. The van der Waals surface area contributed by atoms with Gasteiger partial charge in [0.1, 0.15) is 5.82 Å². The molecule has 0 saturated heterocycles. The fraction of sp³-hybridized carbons (Fsp3) is 0.545. The van der Waals surface area contributed by atoms with E-state index >= 15 is 0 Å². The van der Waals surface area contributed by atoms with Crippen molar-refractivity contribution in [3.05, 3.63) is 42.2 Å². The van der Waals surface area contributed by atoms with E-state index in [9.17, 15) is 0 Å². The van der Waals surface area contributed by atoms with Crippen LogP contribution < -0.4 is 0 Å². The van der Waals surface area contributed by atoms with Crippen LogP contribution in [0.2, 0.25) is 18.1 Å². The van der Waals surface area contributed by atoms with E-state index in [1.54, 1.807) is 6.20 Å². The normalized spacial score (nSPS) is 12.8. The van der Waals surface area contributed by atoms with Gasteiger partial charge < -0.3 is 4.43 Å². The number of nitrogens with zero attached hydrogens (tertiary/aromatic N) is 5. The first-order valence-corrected chi connectivity index (χ1v) is 13.2. The van der Waals surface area contributed by atoms with E-state index in [4.69, 9.17) is 14.4 Å². The van der Waals surface area contributed by atoms with E-state index in [1.165, 1.54) is 0 Å². The van der Waals surface area contributed by atoms with Crippen LogP contribution in [0.25, 0.3) is 17.2 Å². The fourth-order valence-electron chi connectivity index (χ4n) is 3.75. The summed E-state index contributed by atoms with van der Waals surface area (Å²) < 4.78 is 8.74. The van der Waals surface area contributed by atoms with Crippen LogP contribution in [0, 0.1) is 0 Å². The summed E-state index contributed by atoms with van der Waals surface area (Å²) in [6, 6.07) is 7.31. The second-order valence-corrected chi connectivity index (χ2v) is 13.1. The lowest BCUT2D eigenvalue weighted by molar-refractivity contribution is 0.0894. The molecule has 6 nitrogen and oxygen atoms in total. The van der Waals surface area contributed by atoms with Gasteiger partial charge in [-0.25, -0.2) is 19.9 Å². The largest absolute Gasteiger partial charge is 0.406 e. The Bertz CT molecular complexity index is 970. The van der Waals surface area contributed by atoms with E-state index in [2.05, 4.69) is 58.4 Å². The second kappa shape index (κ2) is 8.32. The summed E-state index contributed by atoms with van der Waals surface area (Å²) in [5.41, 5.74) is 2.25. The van der Waals surface area contributed by atoms with Gasteiger partial charge in [-0.05, 0) is 44.1 Å². The summed E-state index contributed by atoms with van der Waals surface area (Å²) in [5, 5.41) is 0. The number of hydrogen-bond donors (Lipinski definition) is 0. The standard InChI is InChI=1S/C22H33N5OSi/c1-8-29(9-2,10-3)28-22(6,7)19-12-14-27-18(15-24-21(27)26-19)17-11-13-23-20(25-17)16(4)5/h11-16H,8-10H2,1-7H3. The minimum atomic E-state index is -1.75. The minimum absolute atomic E-state index is 0.275. The number of imidazole rings is 1. The molecule has 3 rings (SSSR count). The number of hydrogen-bond acceptors (Lipinski definition) is 5. The van der Waals surface area contributed by atoms with Crippen molar-refractivity contribution in [2.75, 3.05) is 0 Å². The van der Waals surface area contributed by atoms with Crippen LogP contribution in [0.15, 0.2) is 30.7 Å². The van der Waals surface area contributed by atoms with E-state index in [1.807, 2.05) is 28.9 Å². The molecule has 3 heterocycles. The Hall–Kier alpha value is -2.12. The van der Waals surface area contributed by atoms with Crippen LogP contribution in [-0.2, 0) is 10.0 Å². The maximum absolute atomic E-state index is 6.76. The molecule has 0 atom stereocenters. The maximum Gasteiger partial charge on any atom is 0.234 e. The third kappa shape index (κ3) is 4.26. The molecule has 0 aromatic carbocycles. The smallest absolute Gasteiger partial charge is 0.234 e. The first-order chi connectivity index (χ1) is 13.7. The number of rotatable bonds is 8. The molecule has 3 aromatic heterocycles. The van der Waals surface area contributed by atoms with Gasteiger partial charge in [-0.2, -0.15) is 0 Å². The zero-order valence-electron chi connectivity index (χ0n) is 18.7. The van der Waals surface area contributed by atoms with Crippen LogP contribution in [0.5, 0.6) is 0 Å². The van der Waals surface area contributed by atoms with Gasteiger partial charge in [-0.3, -0.25) is 4.40 Å². The Morgan fingerprint density at radius 2 is 1.72 bits per heavy atom. The van der Waals surface area contributed by atoms with Gasteiger partial charge in [0.25, 0.3) is 0 Å². The SMILES string of the molecule is CC[Si](CC)(CC)OC(C)(C)c1ccn2c(-c3ccnc(C(C)C)n3)cnc2n1. The summed E-state index contributed by atoms with van der Waals surface area (Å²) in [6.45, 7) is 15.2. The average molecular weight is 412 g/mol. The molecule has 3 aromatic rings. The third-order valence-electron chi connectivity index (χ3n) is 5.85. The van der Waals surface area contributed by atoms with Crippen molar-refractivity contribution in [1.82, 2.24) is 24.3 Å². The number of aromatic nitrogens is 5. The lowest BCUT2D eigenvalue weighted by Crippen LogP contribution is -2.43. The molecule has 29 heavy (non-hydrogen) atoms. The van der Waals surface area contributed by atoms with Crippen LogP contribution in [0.4, 0.5) is 0 Å². The molecule has 0 amide bonds. The highest BCUT2D eigenvalue weighted by Crippen LogP contribution is 2.33. The van der Waals surface area contributed by atoms with E-state index in [0.717, 1.165) is 41.0 Å². The quantitative estimate of drug-likeness (QED) is 0.454. The Labute approximate surface area is 174 Å². The lowest BCUT2D eigenvalue weighted by Gasteiger charge is -2.37. The van der Waals surface area contributed by atoms with E-state index in [-0.39, 0.29) is 5.92 Å². The van der Waals surface area contributed by atoms with Crippen LogP contribution in [0.1, 0.15) is 65.9 Å². The monoisotopic (exact) mass is 411 g/mol. The molecule has 156 valence electrons. The molecule has 0 saturated carbocycles. The molecular weight excluding hydrogens is 378 g/mol. The molecule has 0 radical (unpaired) electrons. The van der Waals surface area contributed by atoms with Gasteiger partial charge in [0.15, 0.2) is 8.32 Å². The van der Waals surface area contributed by atoms with Gasteiger partial charge in [0.05, 0.1) is 28.9 Å². The van der Waals surface area contributed by atoms with Crippen LogP contribution in [0.3, 0.4) is 0 Å². The highest BCUT2D eigenvalue weighted by atomic mass is 28.4. The lowest BCUT2D eigenvalue weighted by atomic mass is 10.1. The van der Waals surface area contributed by atoms with Crippen molar-refractivity contribution in [2.24, 2.45) is 0 Å². The first-order valence-electron chi connectivity index (χ1n) is 10.6. The van der Waals surface area contributed by atoms with Crippen molar-refractivity contribution < 1.29 is 4.43 Å². The predicted octanol–water partition coefficient (Wildman–Crippen LogP) is 5.57. The Kier molecular flexibility index (Phi) is 6.19. The van der Waals surface area contributed by atoms with E-state index < -0.39 is 13.9 Å². The van der Waals surface area contributed by atoms with Gasteiger partial charge >= 0.3 is 0 Å². The molecule has 0 aliphatic heterocycles. The van der Waals surface area contributed by atoms with Crippen LogP contribution >= 0.6 is 0 Å². The predicted molar refractivity (Wildman–Crippen MR) is 119 cm³/mol. The Morgan fingerprint density at radius 3 is 2.34 bits per heavy atom. The first kappa shape index (κ1) is 21.6. The molecule has 0 aliphatic rings. The van der Waals surface area contributed by atoms with Crippen molar-refractivity contribution in [3.63, 3.8) is 0 Å². The van der Waals surface area contributed by atoms with Gasteiger partial charge in [0.2, 0.25) is 5.78 Å². The highest BCUT2D eigenvalue weighted by molar-refractivity contribution is 6.73. The summed E-state index contributed by atoms with van der Waals surface area (Å²) in [5.74, 6) is 1.77. The van der Waals surface area contributed by atoms with Gasteiger partial charge in [-0.15, -0.1) is 0 Å². The Balaban J connectivity index is 1.97. The van der Waals surface area contributed by atoms with Crippen molar-refractivity contribution in [3.8, 4) is 11.4 Å². The molecule has 0 aliphatic carbocycles. The molecule has 0 fully saturated rings. The van der Waals surface area contributed by atoms with Crippen LogP contribution in [-0.4, -0.2) is 32.7 Å². The molecular formula is C22H33N5OSi. The minimum Gasteiger partial charge on any atom is -0.406 e. The zero-order valence-corrected chi connectivity index (χ0v) is 19.7. The zero-order chi connectivity index (χ0) is 21.2. The van der Waals surface area contributed by atoms with Crippen molar-refractivity contribution >= 4 is 14.1 Å². The maximum atomic E-state index is 6.76. The molecule has 7 heteroatoms. The van der Waals surface area contributed by atoms with Gasteiger partial charge in [-0.1, -0.05) is 34.6 Å². The third-order valence-corrected chi connectivity index (χ3v) is 10.7. The second-order valence-electron chi connectivity index (χ2n) is 8.44. The van der Waals surface area contributed by atoms with E-state index in [0.29, 0.717) is 5.78 Å². The van der Waals surface area contributed by atoms with Crippen molar-refractivity contribution in [1.29, 1.82) is 0 Å². The molecule has 0 bridgehead atoms. The highest BCUT2D eigenvalue weighted by Gasteiger charge is 2.37. The van der Waals surface area contributed by atoms with Crippen molar-refractivity contribution in [2.45, 2.75) is 78.1 Å². The number of fused-ring (bicyclic) bond motifs is 1. The fourth-order valence-corrected chi connectivity index (χ4v) is 6.87. The topological polar surface area (TPSA) is 65.2 Å². The Morgan fingerprint density at radius 1 is 1.03 bits per heavy atom. The van der Waals surface area contributed by atoms with Gasteiger partial charge in [0, 0.05) is 18.3 Å². The molecule has 0 unspecified atom stereocenters. The molecule has 0 N–H and O–H groups in total. The summed E-state index contributed by atoms with van der Waals surface area (Å²) >= 11 is 0. The summed E-state index contributed by atoms with van der Waals surface area (Å²) in [4.78, 5) is 18.5. The summed E-state index contributed by atoms with van der Waals surface area (Å²) in [7, 11) is -1.75.